The van der Waals surface area contributed by atoms with E-state index in [2.05, 4.69) is 24.1 Å². The van der Waals surface area contributed by atoms with Gasteiger partial charge >= 0.3 is 0 Å². The lowest BCUT2D eigenvalue weighted by molar-refractivity contribution is -0.383. The third-order valence-electron chi connectivity index (χ3n) is 3.04. The van der Waals surface area contributed by atoms with Crippen LogP contribution in [-0.2, 0) is 0 Å². The molecule has 0 radical (unpaired) electrons. The van der Waals surface area contributed by atoms with Gasteiger partial charge in [-0.2, -0.15) is 0 Å². The molecule has 1 N–H and O–H groups in total. The first-order chi connectivity index (χ1) is 9.36. The maximum Gasteiger partial charge on any atom is 0.293 e. The summed E-state index contributed by atoms with van der Waals surface area (Å²) < 4.78 is 0.858. The summed E-state index contributed by atoms with van der Waals surface area (Å²) in [4.78, 5) is 15.3. The summed E-state index contributed by atoms with van der Waals surface area (Å²) in [6, 6.07) is 3.59. The fourth-order valence-electron chi connectivity index (χ4n) is 2.38. The number of nitro benzene ring substituents is 1. The number of nitrogens with one attached hydrogen (secondary N) is 1. The van der Waals surface area contributed by atoms with Gasteiger partial charge in [-0.1, -0.05) is 13.8 Å². The number of nitro groups is 1. The van der Waals surface area contributed by atoms with E-state index < -0.39 is 0 Å². The molecule has 2 aromatic rings. The van der Waals surface area contributed by atoms with Crippen LogP contribution in [0.25, 0.3) is 10.2 Å². The monoisotopic (exact) mass is 293 g/mol. The highest BCUT2D eigenvalue weighted by atomic mass is 32.1. The lowest BCUT2D eigenvalue weighted by Gasteiger charge is -2.17. The number of hydrogen-bond acceptors (Lipinski definition) is 5. The van der Waals surface area contributed by atoms with Gasteiger partial charge in [0.05, 0.1) is 20.1 Å². The summed E-state index contributed by atoms with van der Waals surface area (Å²) in [5.74, 6) is 0.543. The Bertz CT molecular complexity index is 637. The SMILES string of the molecule is Cc1nc2cc(NC(C)CC(C)C)c([N+](=O)[O-])cc2s1. The molecule has 0 fully saturated rings. The van der Waals surface area contributed by atoms with Gasteiger partial charge in [-0.05, 0) is 32.3 Å². The van der Waals surface area contributed by atoms with Crippen LogP contribution in [0.15, 0.2) is 12.1 Å². The molecule has 1 heterocycles. The molecule has 20 heavy (non-hydrogen) atoms. The highest BCUT2D eigenvalue weighted by Gasteiger charge is 2.18. The minimum Gasteiger partial charge on any atom is -0.377 e. The molecule has 0 saturated carbocycles. The zero-order chi connectivity index (χ0) is 14.9. The number of anilines is 1. The van der Waals surface area contributed by atoms with Crippen molar-refractivity contribution in [2.75, 3.05) is 5.32 Å². The smallest absolute Gasteiger partial charge is 0.293 e. The Morgan fingerprint density at radius 3 is 2.70 bits per heavy atom. The summed E-state index contributed by atoms with van der Waals surface area (Å²) in [7, 11) is 0. The van der Waals surface area contributed by atoms with E-state index in [1.807, 2.05) is 13.8 Å². The molecule has 6 heteroatoms. The van der Waals surface area contributed by atoms with E-state index in [1.165, 1.54) is 11.3 Å². The van der Waals surface area contributed by atoms with E-state index in [4.69, 9.17) is 0 Å². The van der Waals surface area contributed by atoms with Crippen molar-refractivity contribution in [3.63, 3.8) is 0 Å². The number of hydrogen-bond donors (Lipinski definition) is 1. The summed E-state index contributed by atoms with van der Waals surface area (Å²) in [6.45, 7) is 8.23. The highest BCUT2D eigenvalue weighted by molar-refractivity contribution is 7.18. The molecule has 5 nitrogen and oxygen atoms in total. The van der Waals surface area contributed by atoms with Gasteiger partial charge in [0, 0.05) is 12.1 Å². The molecule has 1 aromatic heterocycles. The minimum absolute atomic E-state index is 0.122. The Morgan fingerprint density at radius 1 is 1.40 bits per heavy atom. The van der Waals surface area contributed by atoms with Crippen molar-refractivity contribution in [1.82, 2.24) is 4.98 Å². The fraction of sp³-hybridized carbons (Fsp3) is 0.500. The van der Waals surface area contributed by atoms with Crippen LogP contribution in [0.2, 0.25) is 0 Å². The molecule has 0 spiro atoms. The van der Waals surface area contributed by atoms with Crippen LogP contribution < -0.4 is 5.32 Å². The second-order valence-corrected chi connectivity index (χ2v) is 6.74. The first-order valence-electron chi connectivity index (χ1n) is 6.69. The largest absolute Gasteiger partial charge is 0.377 e. The van der Waals surface area contributed by atoms with Crippen LogP contribution in [0, 0.1) is 23.0 Å². The van der Waals surface area contributed by atoms with Crippen molar-refractivity contribution in [3.05, 3.63) is 27.3 Å². The average Bonchev–Trinajstić information content (AvgIpc) is 2.65. The van der Waals surface area contributed by atoms with E-state index in [1.54, 1.807) is 12.1 Å². The van der Waals surface area contributed by atoms with Crippen LogP contribution >= 0.6 is 11.3 Å². The van der Waals surface area contributed by atoms with Gasteiger partial charge < -0.3 is 5.32 Å². The van der Waals surface area contributed by atoms with E-state index in [9.17, 15) is 10.1 Å². The molecule has 1 atom stereocenters. The number of thiazole rings is 1. The average molecular weight is 293 g/mol. The first-order valence-corrected chi connectivity index (χ1v) is 7.50. The standard InChI is InChI=1S/C14H19N3O2S/c1-8(2)5-9(3)15-11-6-12-14(20-10(4)16-12)7-13(11)17(18)19/h6-9,15H,5H2,1-4H3. The van der Waals surface area contributed by atoms with Crippen LogP contribution in [0.1, 0.15) is 32.2 Å². The van der Waals surface area contributed by atoms with Crippen LogP contribution in [0.3, 0.4) is 0 Å². The highest BCUT2D eigenvalue weighted by Crippen LogP contribution is 2.33. The predicted molar refractivity (Wildman–Crippen MR) is 83.6 cm³/mol. The van der Waals surface area contributed by atoms with Crippen LogP contribution in [0.4, 0.5) is 11.4 Å². The van der Waals surface area contributed by atoms with Crippen molar-refractivity contribution < 1.29 is 4.92 Å². The van der Waals surface area contributed by atoms with Crippen LogP contribution in [0.5, 0.6) is 0 Å². The van der Waals surface area contributed by atoms with Gasteiger partial charge in [0.25, 0.3) is 5.69 Å². The van der Waals surface area contributed by atoms with Crippen LogP contribution in [-0.4, -0.2) is 15.9 Å². The Balaban J connectivity index is 2.38. The maximum atomic E-state index is 11.2. The number of rotatable bonds is 5. The Hall–Kier alpha value is -1.69. The van der Waals surface area contributed by atoms with Crippen molar-refractivity contribution in [1.29, 1.82) is 0 Å². The van der Waals surface area contributed by atoms with Gasteiger partial charge in [-0.3, -0.25) is 10.1 Å². The van der Waals surface area contributed by atoms with E-state index in [0.29, 0.717) is 11.6 Å². The van der Waals surface area contributed by atoms with Gasteiger partial charge in [-0.25, -0.2) is 4.98 Å². The van der Waals surface area contributed by atoms with Gasteiger partial charge in [-0.15, -0.1) is 11.3 Å². The zero-order valence-electron chi connectivity index (χ0n) is 12.1. The number of benzene rings is 1. The second kappa shape index (κ2) is 5.75. The minimum atomic E-state index is -0.334. The quantitative estimate of drug-likeness (QED) is 0.657. The lowest BCUT2D eigenvalue weighted by atomic mass is 10.0. The Morgan fingerprint density at radius 2 is 2.10 bits per heavy atom. The van der Waals surface area contributed by atoms with Gasteiger partial charge in [0.15, 0.2) is 0 Å². The Kier molecular flexibility index (Phi) is 4.23. The Labute approximate surface area is 122 Å². The van der Waals surface area contributed by atoms with Gasteiger partial charge in [0.2, 0.25) is 0 Å². The van der Waals surface area contributed by atoms with E-state index in [-0.39, 0.29) is 16.7 Å². The molecule has 0 aliphatic rings. The van der Waals surface area contributed by atoms with Crippen molar-refractivity contribution >= 4 is 32.9 Å². The molecule has 0 amide bonds. The third-order valence-corrected chi connectivity index (χ3v) is 3.97. The second-order valence-electron chi connectivity index (χ2n) is 5.50. The zero-order valence-corrected chi connectivity index (χ0v) is 13.0. The molecule has 0 aliphatic carbocycles. The number of aromatic nitrogens is 1. The molecule has 1 aromatic carbocycles. The van der Waals surface area contributed by atoms with E-state index >= 15 is 0 Å². The number of aryl methyl sites for hydroxylation is 1. The molecule has 0 aliphatic heterocycles. The van der Waals surface area contributed by atoms with Crippen molar-refractivity contribution in [3.8, 4) is 0 Å². The third kappa shape index (κ3) is 3.25. The summed E-state index contributed by atoms with van der Waals surface area (Å²) in [5, 5.41) is 15.4. The number of nitrogens with zero attached hydrogens (tertiary/aromatic N) is 2. The van der Waals surface area contributed by atoms with Crippen molar-refractivity contribution in [2.24, 2.45) is 5.92 Å². The fourth-order valence-corrected chi connectivity index (χ4v) is 3.22. The molecule has 0 bridgehead atoms. The number of fused-ring (bicyclic) bond motifs is 1. The lowest BCUT2D eigenvalue weighted by Crippen LogP contribution is -2.18. The molecular formula is C14H19N3O2S. The normalized spacial score (nSPS) is 12.8. The molecule has 2 rings (SSSR count). The topological polar surface area (TPSA) is 68.1 Å². The summed E-state index contributed by atoms with van der Waals surface area (Å²) in [5.41, 5.74) is 1.50. The molecule has 108 valence electrons. The predicted octanol–water partition coefficient (Wildman–Crippen LogP) is 4.36. The first kappa shape index (κ1) is 14.7. The summed E-state index contributed by atoms with van der Waals surface area (Å²) >= 11 is 1.48. The van der Waals surface area contributed by atoms with Gasteiger partial charge in [0.1, 0.15) is 5.69 Å². The maximum absolute atomic E-state index is 11.2. The molecule has 1 unspecified atom stereocenters. The van der Waals surface area contributed by atoms with E-state index in [0.717, 1.165) is 21.6 Å². The van der Waals surface area contributed by atoms with Crippen molar-refractivity contribution in [2.45, 2.75) is 40.2 Å². The molecular weight excluding hydrogens is 274 g/mol. The summed E-state index contributed by atoms with van der Waals surface area (Å²) in [6.07, 6.45) is 0.964. The molecule has 0 saturated heterocycles.